The van der Waals surface area contributed by atoms with E-state index in [0.717, 1.165) is 44.9 Å². The van der Waals surface area contributed by atoms with Gasteiger partial charge < -0.3 is 20.3 Å². The van der Waals surface area contributed by atoms with Gasteiger partial charge in [0.05, 0.1) is 25.4 Å². The molecule has 0 fully saturated rings. The van der Waals surface area contributed by atoms with E-state index in [1.54, 1.807) is 0 Å². The van der Waals surface area contributed by atoms with Crippen LogP contribution in [-0.2, 0) is 14.3 Å². The van der Waals surface area contributed by atoms with Crippen LogP contribution in [0.4, 0.5) is 0 Å². The fourth-order valence-corrected chi connectivity index (χ4v) is 8.85. The van der Waals surface area contributed by atoms with Crippen molar-refractivity contribution in [2.24, 2.45) is 0 Å². The fraction of sp³-hybridized carbons (Fsp3) is 0.897. The van der Waals surface area contributed by atoms with Crippen molar-refractivity contribution in [1.29, 1.82) is 0 Å². The Hall–Kier alpha value is -1.66. The van der Waals surface area contributed by atoms with E-state index >= 15 is 0 Å². The first-order chi connectivity index (χ1) is 31.5. The molecule has 2 atom stereocenters. The Labute approximate surface area is 399 Å². The predicted molar refractivity (Wildman–Crippen MR) is 278 cm³/mol. The van der Waals surface area contributed by atoms with Crippen LogP contribution < -0.4 is 5.32 Å². The van der Waals surface area contributed by atoms with Crippen LogP contribution in [0.2, 0.25) is 0 Å². The number of unbranched alkanes of at least 4 members (excludes halogenated alkanes) is 38. The van der Waals surface area contributed by atoms with Crippen LogP contribution in [0, 0.1) is 0 Å². The number of esters is 1. The highest BCUT2D eigenvalue weighted by atomic mass is 16.5. The van der Waals surface area contributed by atoms with Gasteiger partial charge in [0.1, 0.15) is 0 Å². The summed E-state index contributed by atoms with van der Waals surface area (Å²) in [6.45, 7) is 4.94. The van der Waals surface area contributed by atoms with Crippen molar-refractivity contribution in [3.05, 3.63) is 24.3 Å². The molecular formula is C58H111NO5. The number of aliphatic hydroxyl groups is 2. The second kappa shape index (κ2) is 54.0. The standard InChI is InChI=1S/C58H111NO5/c1-3-5-7-9-11-13-15-32-36-40-44-48-52-58(63)64-53-49-45-41-37-33-30-28-26-24-22-20-18-16-17-19-21-23-25-27-29-31-35-39-43-47-51-57(62)59-55(54-60)56(61)50-46-42-38-34-14-12-10-8-6-4-2/h17-20,55-56,60-61H,3-16,21-54H2,1-2H3,(H,59,62)/b19-17-,20-18-. The van der Waals surface area contributed by atoms with Gasteiger partial charge in [0.2, 0.25) is 5.91 Å². The molecule has 0 bridgehead atoms. The lowest BCUT2D eigenvalue weighted by Crippen LogP contribution is -2.45. The van der Waals surface area contributed by atoms with Gasteiger partial charge in [0, 0.05) is 12.8 Å². The van der Waals surface area contributed by atoms with Crippen LogP contribution >= 0.6 is 0 Å². The zero-order chi connectivity index (χ0) is 46.5. The molecule has 0 aromatic rings. The fourth-order valence-electron chi connectivity index (χ4n) is 8.85. The molecule has 6 heteroatoms. The first kappa shape index (κ1) is 62.3. The van der Waals surface area contributed by atoms with Crippen LogP contribution in [0.25, 0.3) is 0 Å². The number of allylic oxidation sites excluding steroid dienone is 4. The minimum atomic E-state index is -0.666. The smallest absolute Gasteiger partial charge is 0.305 e. The molecule has 3 N–H and O–H groups in total. The third-order valence-electron chi connectivity index (χ3n) is 13.3. The van der Waals surface area contributed by atoms with Crippen LogP contribution in [0.5, 0.6) is 0 Å². The first-order valence-corrected chi connectivity index (χ1v) is 28.6. The van der Waals surface area contributed by atoms with Crippen LogP contribution in [0.3, 0.4) is 0 Å². The number of carbonyl (C=O) groups is 2. The molecule has 0 radical (unpaired) electrons. The van der Waals surface area contributed by atoms with E-state index in [4.69, 9.17) is 4.74 Å². The highest BCUT2D eigenvalue weighted by Crippen LogP contribution is 2.17. The number of nitrogens with one attached hydrogen (secondary N) is 1. The number of hydrogen-bond acceptors (Lipinski definition) is 5. The summed E-state index contributed by atoms with van der Waals surface area (Å²) >= 11 is 0. The minimum absolute atomic E-state index is 0.00958. The van der Waals surface area contributed by atoms with Gasteiger partial charge in [0.15, 0.2) is 0 Å². The summed E-state index contributed by atoms with van der Waals surface area (Å²) in [5.41, 5.74) is 0. The molecule has 0 aliphatic heterocycles. The van der Waals surface area contributed by atoms with Crippen molar-refractivity contribution in [3.8, 4) is 0 Å². The summed E-state index contributed by atoms with van der Waals surface area (Å²) in [4.78, 5) is 24.4. The van der Waals surface area contributed by atoms with Gasteiger partial charge in [-0.3, -0.25) is 9.59 Å². The average molecular weight is 903 g/mol. The van der Waals surface area contributed by atoms with Gasteiger partial charge in [-0.05, 0) is 57.8 Å². The Morgan fingerprint density at radius 1 is 0.438 bits per heavy atom. The van der Waals surface area contributed by atoms with E-state index in [1.165, 1.54) is 231 Å². The number of amides is 1. The summed E-state index contributed by atoms with van der Waals surface area (Å²) in [6.07, 6.45) is 64.6. The maximum absolute atomic E-state index is 12.4. The van der Waals surface area contributed by atoms with Crippen molar-refractivity contribution in [2.45, 2.75) is 321 Å². The predicted octanol–water partition coefficient (Wildman–Crippen LogP) is 17.5. The Balaban J connectivity index is 3.41. The van der Waals surface area contributed by atoms with E-state index in [1.807, 2.05) is 0 Å². The van der Waals surface area contributed by atoms with Gasteiger partial charge in [-0.15, -0.1) is 0 Å². The number of carbonyl (C=O) groups excluding carboxylic acids is 2. The summed E-state index contributed by atoms with van der Waals surface area (Å²) in [5.74, 6) is -0.0328. The summed E-state index contributed by atoms with van der Waals surface area (Å²) in [6, 6.07) is -0.544. The first-order valence-electron chi connectivity index (χ1n) is 28.6. The number of aliphatic hydroxyl groups excluding tert-OH is 2. The SMILES string of the molecule is CCCCCCCCCCCCCCC(=O)OCCCCCCCCCCC/C=C\C/C=C\CCCCCCCCCCCC(=O)NC(CO)C(O)CCCCCCCCCCCC. The Bertz CT molecular complexity index is 997. The van der Waals surface area contributed by atoms with Crippen LogP contribution in [-0.4, -0.2) is 47.4 Å². The van der Waals surface area contributed by atoms with E-state index in [9.17, 15) is 19.8 Å². The molecule has 0 aliphatic carbocycles. The summed E-state index contributed by atoms with van der Waals surface area (Å²) < 4.78 is 5.46. The van der Waals surface area contributed by atoms with Crippen LogP contribution in [0.1, 0.15) is 309 Å². The van der Waals surface area contributed by atoms with Gasteiger partial charge in [-0.1, -0.05) is 263 Å². The van der Waals surface area contributed by atoms with Gasteiger partial charge in [-0.25, -0.2) is 0 Å². The lowest BCUT2D eigenvalue weighted by Gasteiger charge is -2.22. The maximum Gasteiger partial charge on any atom is 0.305 e. The zero-order valence-corrected chi connectivity index (χ0v) is 43.0. The van der Waals surface area contributed by atoms with Gasteiger partial charge >= 0.3 is 5.97 Å². The molecule has 1 amide bonds. The second-order valence-corrected chi connectivity index (χ2v) is 19.6. The largest absolute Gasteiger partial charge is 0.466 e. The highest BCUT2D eigenvalue weighted by molar-refractivity contribution is 5.76. The monoisotopic (exact) mass is 902 g/mol. The Morgan fingerprint density at radius 3 is 1.19 bits per heavy atom. The van der Waals surface area contributed by atoms with E-state index in [0.29, 0.717) is 25.9 Å². The molecule has 64 heavy (non-hydrogen) atoms. The van der Waals surface area contributed by atoms with Gasteiger partial charge in [0.25, 0.3) is 0 Å². The molecule has 2 unspecified atom stereocenters. The van der Waals surface area contributed by atoms with Crippen molar-refractivity contribution in [2.75, 3.05) is 13.2 Å². The maximum atomic E-state index is 12.4. The highest BCUT2D eigenvalue weighted by Gasteiger charge is 2.20. The number of rotatable bonds is 53. The number of ether oxygens (including phenoxy) is 1. The van der Waals surface area contributed by atoms with E-state index in [-0.39, 0.29) is 18.5 Å². The molecule has 6 nitrogen and oxygen atoms in total. The van der Waals surface area contributed by atoms with Crippen molar-refractivity contribution in [3.63, 3.8) is 0 Å². The molecule has 0 aromatic heterocycles. The molecule has 0 aliphatic rings. The zero-order valence-electron chi connectivity index (χ0n) is 43.0. The Kier molecular flexibility index (Phi) is 52.6. The lowest BCUT2D eigenvalue weighted by atomic mass is 10.0. The summed E-state index contributed by atoms with van der Waals surface area (Å²) in [7, 11) is 0. The minimum Gasteiger partial charge on any atom is -0.466 e. The molecule has 0 heterocycles. The third kappa shape index (κ3) is 49.8. The Morgan fingerprint density at radius 2 is 0.781 bits per heavy atom. The molecule has 0 spiro atoms. The molecule has 0 rings (SSSR count). The number of hydrogen-bond donors (Lipinski definition) is 3. The molecule has 0 saturated heterocycles. The van der Waals surface area contributed by atoms with E-state index < -0.39 is 12.1 Å². The molecule has 0 aromatic carbocycles. The van der Waals surface area contributed by atoms with Gasteiger partial charge in [-0.2, -0.15) is 0 Å². The van der Waals surface area contributed by atoms with Crippen LogP contribution in [0.15, 0.2) is 24.3 Å². The van der Waals surface area contributed by atoms with Crippen molar-refractivity contribution < 1.29 is 24.5 Å². The van der Waals surface area contributed by atoms with Crippen molar-refractivity contribution >= 4 is 11.9 Å². The molecule has 378 valence electrons. The molecule has 0 saturated carbocycles. The quantitative estimate of drug-likeness (QED) is 0.0321. The second-order valence-electron chi connectivity index (χ2n) is 19.6. The van der Waals surface area contributed by atoms with Crippen molar-refractivity contribution in [1.82, 2.24) is 5.32 Å². The van der Waals surface area contributed by atoms with E-state index in [2.05, 4.69) is 43.5 Å². The lowest BCUT2D eigenvalue weighted by molar-refractivity contribution is -0.143. The topological polar surface area (TPSA) is 95.9 Å². The normalized spacial score (nSPS) is 12.8. The molecular weight excluding hydrogens is 791 g/mol. The average Bonchev–Trinajstić information content (AvgIpc) is 3.29. The third-order valence-corrected chi connectivity index (χ3v) is 13.3. The summed E-state index contributed by atoms with van der Waals surface area (Å²) in [5, 5.41) is 23.1.